The number of hydrogen-bond acceptors (Lipinski definition) is 4. The fraction of sp³-hybridized carbons (Fsp3) is 0.743. The van der Waals surface area contributed by atoms with Crippen molar-refractivity contribution in [1.29, 1.82) is 0 Å². The van der Waals surface area contributed by atoms with E-state index in [0.29, 0.717) is 13.2 Å². The van der Waals surface area contributed by atoms with Gasteiger partial charge in [-0.1, -0.05) is 129 Å². The fourth-order valence-electron chi connectivity index (χ4n) is 4.78. The van der Waals surface area contributed by atoms with Crippen LogP contribution in [-0.2, 0) is 9.53 Å². The molecule has 0 heterocycles. The molecule has 0 spiro atoms. The van der Waals surface area contributed by atoms with Crippen LogP contribution in [0.15, 0.2) is 24.3 Å². The lowest BCUT2D eigenvalue weighted by Gasteiger charge is -2.12. The molecule has 0 N–H and O–H groups in total. The molecule has 0 radical (unpaired) electrons. The van der Waals surface area contributed by atoms with Gasteiger partial charge < -0.3 is 14.2 Å². The largest absolute Gasteiger partial charge is 0.494 e. The van der Waals surface area contributed by atoms with Crippen molar-refractivity contribution < 1.29 is 19.0 Å². The Morgan fingerprint density at radius 3 is 1.56 bits per heavy atom. The second-order valence-electron chi connectivity index (χ2n) is 10.8. The van der Waals surface area contributed by atoms with E-state index in [4.69, 9.17) is 14.2 Å². The highest BCUT2D eigenvalue weighted by atomic mass is 16.5. The van der Waals surface area contributed by atoms with Crippen molar-refractivity contribution >= 4 is 12.0 Å². The van der Waals surface area contributed by atoms with Crippen LogP contribution in [0.5, 0.6) is 11.5 Å². The molecule has 1 rings (SSSR count). The van der Waals surface area contributed by atoms with Gasteiger partial charge in [-0.2, -0.15) is 0 Å². The average Bonchev–Trinajstić information content (AvgIpc) is 2.94. The highest BCUT2D eigenvalue weighted by Crippen LogP contribution is 2.26. The SMILES string of the molecule is CCCCCCCCCCCCOc1ccc(OCCCCCCCCCCCC)c(C=CC(=O)OCC)c1. The van der Waals surface area contributed by atoms with Crippen molar-refractivity contribution in [3.05, 3.63) is 29.8 Å². The first-order valence-corrected chi connectivity index (χ1v) is 16.5. The van der Waals surface area contributed by atoms with Crippen LogP contribution in [-0.4, -0.2) is 25.8 Å². The van der Waals surface area contributed by atoms with Crippen molar-refractivity contribution in [3.63, 3.8) is 0 Å². The summed E-state index contributed by atoms with van der Waals surface area (Å²) in [5, 5.41) is 0. The van der Waals surface area contributed by atoms with Gasteiger partial charge in [-0.05, 0) is 44.0 Å². The van der Waals surface area contributed by atoms with Crippen molar-refractivity contribution in [2.24, 2.45) is 0 Å². The third-order valence-corrected chi connectivity index (χ3v) is 7.19. The highest BCUT2D eigenvalue weighted by molar-refractivity contribution is 5.87. The van der Waals surface area contributed by atoms with E-state index in [1.165, 1.54) is 122 Å². The van der Waals surface area contributed by atoms with Gasteiger partial charge in [0.15, 0.2) is 0 Å². The molecule has 0 atom stereocenters. The van der Waals surface area contributed by atoms with Gasteiger partial charge >= 0.3 is 5.97 Å². The molecule has 0 aliphatic rings. The molecule has 0 fully saturated rings. The van der Waals surface area contributed by atoms with E-state index in [9.17, 15) is 4.79 Å². The summed E-state index contributed by atoms with van der Waals surface area (Å²) in [6.07, 6.45) is 29.4. The van der Waals surface area contributed by atoms with Crippen molar-refractivity contribution in [1.82, 2.24) is 0 Å². The van der Waals surface area contributed by atoms with Crippen molar-refractivity contribution in [2.75, 3.05) is 19.8 Å². The highest BCUT2D eigenvalue weighted by Gasteiger charge is 2.06. The topological polar surface area (TPSA) is 44.8 Å². The number of ether oxygens (including phenoxy) is 3. The number of benzene rings is 1. The maximum absolute atomic E-state index is 11.9. The van der Waals surface area contributed by atoms with E-state index in [-0.39, 0.29) is 5.97 Å². The summed E-state index contributed by atoms with van der Waals surface area (Å²) < 4.78 is 17.2. The second-order valence-corrected chi connectivity index (χ2v) is 10.8. The monoisotopic (exact) mass is 544 g/mol. The molecule has 4 heteroatoms. The Kier molecular flexibility index (Phi) is 23.6. The lowest BCUT2D eigenvalue weighted by Crippen LogP contribution is -2.02. The molecule has 0 aliphatic carbocycles. The molecule has 0 aliphatic heterocycles. The molecule has 0 amide bonds. The molecule has 4 nitrogen and oxygen atoms in total. The van der Waals surface area contributed by atoms with Crippen LogP contribution in [0.4, 0.5) is 0 Å². The van der Waals surface area contributed by atoms with Crippen LogP contribution in [0.3, 0.4) is 0 Å². The molecule has 0 saturated heterocycles. The Balaban J connectivity index is 2.36. The maximum Gasteiger partial charge on any atom is 0.330 e. The summed E-state index contributed by atoms with van der Waals surface area (Å²) in [4.78, 5) is 11.9. The fourth-order valence-corrected chi connectivity index (χ4v) is 4.78. The minimum atomic E-state index is -0.338. The molecule has 0 bridgehead atoms. The van der Waals surface area contributed by atoms with Crippen LogP contribution in [0.25, 0.3) is 6.08 Å². The number of rotatable bonds is 27. The summed E-state index contributed by atoms with van der Waals surface area (Å²) in [6.45, 7) is 8.13. The number of esters is 1. The molecule has 0 saturated carbocycles. The van der Waals surface area contributed by atoms with E-state index in [2.05, 4.69) is 13.8 Å². The van der Waals surface area contributed by atoms with Gasteiger partial charge in [0.25, 0.3) is 0 Å². The zero-order valence-electron chi connectivity index (χ0n) is 25.8. The van der Waals surface area contributed by atoms with E-state index < -0.39 is 0 Å². The molecular weight excluding hydrogens is 484 g/mol. The zero-order valence-corrected chi connectivity index (χ0v) is 25.8. The van der Waals surface area contributed by atoms with E-state index in [1.807, 2.05) is 25.1 Å². The zero-order chi connectivity index (χ0) is 28.2. The number of carbonyl (C=O) groups is 1. The second kappa shape index (κ2) is 26.3. The Morgan fingerprint density at radius 1 is 0.615 bits per heavy atom. The molecule has 224 valence electrons. The summed E-state index contributed by atoms with van der Waals surface area (Å²) in [5.41, 5.74) is 0.857. The van der Waals surface area contributed by atoms with Gasteiger partial charge in [0, 0.05) is 11.6 Å². The number of hydrogen-bond donors (Lipinski definition) is 0. The standard InChI is InChI=1S/C35H60O4/c1-4-7-9-11-13-15-17-19-21-23-29-38-33-26-27-34(32(31-33)25-28-35(36)37-6-3)39-30-24-22-20-18-16-14-12-10-8-5-2/h25-28,31H,4-24,29-30H2,1-3H3. The average molecular weight is 545 g/mol. The van der Waals surface area contributed by atoms with Crippen LogP contribution in [0.1, 0.15) is 155 Å². The minimum absolute atomic E-state index is 0.338. The van der Waals surface area contributed by atoms with Crippen LogP contribution >= 0.6 is 0 Å². The van der Waals surface area contributed by atoms with Gasteiger partial charge in [-0.3, -0.25) is 0 Å². The third-order valence-electron chi connectivity index (χ3n) is 7.19. The summed E-state index contributed by atoms with van der Waals surface area (Å²) in [5.74, 6) is 1.27. The molecular formula is C35H60O4. The molecule has 1 aromatic rings. The van der Waals surface area contributed by atoms with Crippen LogP contribution < -0.4 is 9.47 Å². The molecule has 0 unspecified atom stereocenters. The first-order chi connectivity index (χ1) is 19.2. The number of carbonyl (C=O) groups excluding carboxylic acids is 1. The van der Waals surface area contributed by atoms with Crippen molar-refractivity contribution in [2.45, 2.75) is 149 Å². The van der Waals surface area contributed by atoms with Crippen molar-refractivity contribution in [3.8, 4) is 11.5 Å². The lowest BCUT2D eigenvalue weighted by atomic mass is 10.1. The predicted octanol–water partition coefficient (Wildman–Crippen LogP) is 10.9. The normalized spacial score (nSPS) is 11.3. The Hall–Kier alpha value is -1.97. The summed E-state index contributed by atoms with van der Waals surface area (Å²) in [6, 6.07) is 5.92. The quantitative estimate of drug-likeness (QED) is 0.0627. The molecule has 39 heavy (non-hydrogen) atoms. The van der Waals surface area contributed by atoms with E-state index >= 15 is 0 Å². The summed E-state index contributed by atoms with van der Waals surface area (Å²) in [7, 11) is 0. The van der Waals surface area contributed by atoms with Gasteiger partial charge in [-0.15, -0.1) is 0 Å². The predicted molar refractivity (Wildman–Crippen MR) is 167 cm³/mol. The Bertz CT molecular complexity index is 727. The van der Waals surface area contributed by atoms with Gasteiger partial charge in [-0.25, -0.2) is 4.79 Å². The minimum Gasteiger partial charge on any atom is -0.494 e. The van der Waals surface area contributed by atoms with Crippen LogP contribution in [0.2, 0.25) is 0 Å². The number of unbranched alkanes of at least 4 members (excludes halogenated alkanes) is 18. The first kappa shape index (κ1) is 35.1. The Labute approximate surface area is 241 Å². The smallest absolute Gasteiger partial charge is 0.330 e. The van der Waals surface area contributed by atoms with Gasteiger partial charge in [0.2, 0.25) is 0 Å². The van der Waals surface area contributed by atoms with Crippen LogP contribution in [0, 0.1) is 0 Å². The summed E-state index contributed by atoms with van der Waals surface area (Å²) >= 11 is 0. The first-order valence-electron chi connectivity index (χ1n) is 16.5. The van der Waals surface area contributed by atoms with E-state index in [1.54, 1.807) is 6.08 Å². The molecule has 0 aromatic heterocycles. The van der Waals surface area contributed by atoms with E-state index in [0.717, 1.165) is 36.5 Å². The van der Waals surface area contributed by atoms with Gasteiger partial charge in [0.05, 0.1) is 19.8 Å². The third kappa shape index (κ3) is 20.6. The lowest BCUT2D eigenvalue weighted by molar-refractivity contribution is -0.137. The molecule has 1 aromatic carbocycles. The Morgan fingerprint density at radius 2 is 1.08 bits per heavy atom. The maximum atomic E-state index is 11.9. The van der Waals surface area contributed by atoms with Gasteiger partial charge in [0.1, 0.15) is 11.5 Å².